The zero-order valence-electron chi connectivity index (χ0n) is 7.97. The van der Waals surface area contributed by atoms with Crippen molar-refractivity contribution in [2.75, 3.05) is 33.8 Å². The maximum absolute atomic E-state index is 5.17. The van der Waals surface area contributed by atoms with Crippen molar-refractivity contribution in [1.82, 2.24) is 0 Å². The van der Waals surface area contributed by atoms with Gasteiger partial charge in [0.2, 0.25) is 0 Å². The zero-order chi connectivity index (χ0) is 8.32. The maximum atomic E-state index is 5.17. The van der Waals surface area contributed by atoms with Crippen LogP contribution in [0.5, 0.6) is 0 Å². The lowest BCUT2D eigenvalue weighted by molar-refractivity contribution is -0.890. The molecule has 1 aliphatic heterocycles. The molecule has 0 spiro atoms. The third-order valence-electron chi connectivity index (χ3n) is 2.29. The van der Waals surface area contributed by atoms with E-state index < -0.39 is 0 Å². The van der Waals surface area contributed by atoms with Crippen LogP contribution in [-0.2, 0) is 4.74 Å². The van der Waals surface area contributed by atoms with Crippen LogP contribution in [-0.4, -0.2) is 44.4 Å². The fraction of sp³-hybridized carbons (Fsp3) is 1.00. The number of rotatable bonds is 5. The lowest BCUT2D eigenvalue weighted by Crippen LogP contribution is -2.41. The average Bonchev–Trinajstić information content (AvgIpc) is 2.65. The minimum absolute atomic E-state index is 0.601. The Kier molecular flexibility index (Phi) is 2.90. The van der Waals surface area contributed by atoms with Crippen molar-refractivity contribution < 1.29 is 9.22 Å². The molecule has 2 nitrogen and oxygen atoms in total. The van der Waals surface area contributed by atoms with E-state index in [-0.39, 0.29) is 0 Å². The molecule has 0 aromatic heterocycles. The van der Waals surface area contributed by atoms with Gasteiger partial charge in [-0.25, -0.2) is 0 Å². The van der Waals surface area contributed by atoms with Crippen LogP contribution < -0.4 is 0 Å². The van der Waals surface area contributed by atoms with Gasteiger partial charge in [-0.05, 0) is 6.42 Å². The van der Waals surface area contributed by atoms with Crippen molar-refractivity contribution >= 4 is 0 Å². The average molecular weight is 158 g/mol. The lowest BCUT2D eigenvalue weighted by atomic mass is 10.3. The van der Waals surface area contributed by atoms with Gasteiger partial charge in [-0.3, -0.25) is 0 Å². The summed E-state index contributed by atoms with van der Waals surface area (Å²) in [6.07, 6.45) is 3.12. The van der Waals surface area contributed by atoms with Gasteiger partial charge in [0, 0.05) is 6.42 Å². The highest BCUT2D eigenvalue weighted by molar-refractivity contribution is 4.67. The molecule has 0 bridgehead atoms. The molecule has 1 saturated heterocycles. The smallest absolute Gasteiger partial charge is 0.0863 e. The summed E-state index contributed by atoms with van der Waals surface area (Å²) >= 11 is 0. The first-order valence-corrected chi connectivity index (χ1v) is 4.57. The summed E-state index contributed by atoms with van der Waals surface area (Å²) in [6.45, 7) is 5.80. The van der Waals surface area contributed by atoms with Crippen LogP contribution >= 0.6 is 0 Å². The van der Waals surface area contributed by atoms with E-state index in [1.807, 2.05) is 0 Å². The topological polar surface area (TPSA) is 12.5 Å². The third-order valence-corrected chi connectivity index (χ3v) is 2.29. The van der Waals surface area contributed by atoms with Crippen LogP contribution in [0, 0.1) is 0 Å². The first-order chi connectivity index (χ1) is 5.14. The summed E-state index contributed by atoms with van der Waals surface area (Å²) in [4.78, 5) is 0. The molecule has 1 rings (SSSR count). The fourth-order valence-electron chi connectivity index (χ4n) is 1.45. The van der Waals surface area contributed by atoms with Gasteiger partial charge in [0.15, 0.2) is 0 Å². The molecule has 1 atom stereocenters. The van der Waals surface area contributed by atoms with Gasteiger partial charge < -0.3 is 9.22 Å². The molecule has 0 amide bonds. The van der Waals surface area contributed by atoms with Crippen LogP contribution in [0.4, 0.5) is 0 Å². The minimum atomic E-state index is 0.601. The third kappa shape index (κ3) is 3.73. The lowest BCUT2D eigenvalue weighted by Gasteiger charge is -2.29. The Hall–Kier alpha value is -0.0800. The Bertz CT molecular complexity index is 119. The van der Waals surface area contributed by atoms with Gasteiger partial charge in [-0.15, -0.1) is 0 Å². The maximum Gasteiger partial charge on any atom is 0.0863 e. The molecule has 66 valence electrons. The van der Waals surface area contributed by atoms with Gasteiger partial charge in [0.25, 0.3) is 0 Å². The molecule has 2 heteroatoms. The monoisotopic (exact) mass is 158 g/mol. The van der Waals surface area contributed by atoms with Crippen molar-refractivity contribution in [3.63, 3.8) is 0 Å². The van der Waals surface area contributed by atoms with Crippen LogP contribution in [0.3, 0.4) is 0 Å². The molecule has 1 aliphatic rings. The molecule has 0 aliphatic carbocycles. The number of ether oxygens (including phenoxy) is 1. The minimum Gasteiger partial charge on any atom is -0.373 e. The van der Waals surface area contributed by atoms with Crippen molar-refractivity contribution in [2.45, 2.75) is 25.9 Å². The Morgan fingerprint density at radius 3 is 2.45 bits per heavy atom. The van der Waals surface area contributed by atoms with Gasteiger partial charge in [-0.2, -0.15) is 0 Å². The molecule has 1 heterocycles. The van der Waals surface area contributed by atoms with E-state index in [4.69, 9.17) is 4.74 Å². The van der Waals surface area contributed by atoms with E-state index >= 15 is 0 Å². The molecule has 0 aromatic rings. The second kappa shape index (κ2) is 3.55. The van der Waals surface area contributed by atoms with Crippen LogP contribution in [0.15, 0.2) is 0 Å². The predicted molar refractivity (Wildman–Crippen MR) is 46.5 cm³/mol. The van der Waals surface area contributed by atoms with E-state index in [1.165, 1.54) is 25.9 Å². The van der Waals surface area contributed by atoms with Crippen molar-refractivity contribution in [3.05, 3.63) is 0 Å². The van der Waals surface area contributed by atoms with E-state index in [0.717, 1.165) is 11.1 Å². The summed E-state index contributed by atoms with van der Waals surface area (Å²) in [7, 11) is 4.60. The predicted octanol–water partition coefficient (Wildman–Crippen LogP) is 1.26. The number of epoxide rings is 1. The summed E-state index contributed by atoms with van der Waals surface area (Å²) in [5.74, 6) is 0. The molecule has 0 aromatic carbocycles. The molecule has 1 unspecified atom stereocenters. The Morgan fingerprint density at radius 1 is 1.36 bits per heavy atom. The van der Waals surface area contributed by atoms with Crippen molar-refractivity contribution in [1.29, 1.82) is 0 Å². The zero-order valence-corrected chi connectivity index (χ0v) is 7.97. The van der Waals surface area contributed by atoms with Crippen molar-refractivity contribution in [3.8, 4) is 0 Å². The second-order valence-electron chi connectivity index (χ2n) is 4.13. The Labute approximate surface area is 69.7 Å². The largest absolute Gasteiger partial charge is 0.373 e. The molecular weight excluding hydrogens is 138 g/mol. The Morgan fingerprint density at radius 2 is 2.00 bits per heavy atom. The Balaban J connectivity index is 2.09. The van der Waals surface area contributed by atoms with Crippen LogP contribution in [0.2, 0.25) is 0 Å². The number of hydrogen-bond acceptors (Lipinski definition) is 1. The first kappa shape index (κ1) is 9.01. The van der Waals surface area contributed by atoms with Gasteiger partial charge in [-0.1, -0.05) is 6.92 Å². The van der Waals surface area contributed by atoms with Gasteiger partial charge in [0.05, 0.1) is 39.9 Å². The fourth-order valence-corrected chi connectivity index (χ4v) is 1.45. The van der Waals surface area contributed by atoms with Gasteiger partial charge >= 0.3 is 0 Å². The van der Waals surface area contributed by atoms with E-state index in [1.54, 1.807) is 0 Å². The van der Waals surface area contributed by atoms with Crippen LogP contribution in [0.25, 0.3) is 0 Å². The molecule has 11 heavy (non-hydrogen) atoms. The summed E-state index contributed by atoms with van der Waals surface area (Å²) in [6, 6.07) is 0. The molecular formula is C9H20NO+. The quantitative estimate of drug-likeness (QED) is 0.433. The first-order valence-electron chi connectivity index (χ1n) is 4.57. The van der Waals surface area contributed by atoms with E-state index in [0.29, 0.717) is 6.10 Å². The van der Waals surface area contributed by atoms with E-state index in [2.05, 4.69) is 21.0 Å². The number of quaternary nitrogens is 1. The molecule has 1 fully saturated rings. The molecule has 0 N–H and O–H groups in total. The summed E-state index contributed by atoms with van der Waals surface area (Å²) < 4.78 is 6.32. The van der Waals surface area contributed by atoms with E-state index in [9.17, 15) is 0 Å². The number of hydrogen-bond donors (Lipinski definition) is 0. The summed E-state index contributed by atoms with van der Waals surface area (Å²) in [5, 5.41) is 0. The summed E-state index contributed by atoms with van der Waals surface area (Å²) in [5.41, 5.74) is 0. The SMILES string of the molecule is CCC[N+](C)(C)CCC1CO1. The van der Waals surface area contributed by atoms with Crippen molar-refractivity contribution in [2.24, 2.45) is 0 Å². The van der Waals surface area contributed by atoms with Gasteiger partial charge in [0.1, 0.15) is 0 Å². The molecule has 0 radical (unpaired) electrons. The normalized spacial score (nSPS) is 23.7. The second-order valence-corrected chi connectivity index (χ2v) is 4.13. The standard InChI is InChI=1S/C9H20NO/c1-4-6-10(2,3)7-5-9-8-11-9/h9H,4-8H2,1-3H3/q+1. The highest BCUT2D eigenvalue weighted by Gasteiger charge is 2.25. The highest BCUT2D eigenvalue weighted by Crippen LogP contribution is 2.15. The highest BCUT2D eigenvalue weighted by atomic mass is 16.6. The van der Waals surface area contributed by atoms with Crippen LogP contribution in [0.1, 0.15) is 19.8 Å². The molecule has 0 saturated carbocycles. The number of nitrogens with zero attached hydrogens (tertiary/aromatic N) is 1.